The van der Waals surface area contributed by atoms with Crippen LogP contribution < -0.4 is 0 Å². The van der Waals surface area contributed by atoms with Gasteiger partial charge in [0.1, 0.15) is 0 Å². The molecule has 0 nitrogen and oxygen atoms in total. The van der Waals surface area contributed by atoms with Crippen LogP contribution in [0, 0.1) is 11.6 Å². The van der Waals surface area contributed by atoms with E-state index in [1.165, 1.54) is 70.6 Å². The first-order valence-electron chi connectivity index (χ1n) is 7.10. The predicted molar refractivity (Wildman–Crippen MR) is 78.6 cm³/mol. The van der Waals surface area contributed by atoms with E-state index >= 15 is 0 Å². The molecule has 0 N–H and O–H groups in total. The van der Waals surface area contributed by atoms with E-state index in [2.05, 4.69) is 27.7 Å². The van der Waals surface area contributed by atoms with Crippen LogP contribution >= 0.6 is 9.24 Å². The summed E-state index contributed by atoms with van der Waals surface area (Å²) in [5.74, 6) is 3.09. The van der Waals surface area contributed by atoms with E-state index in [-0.39, 0.29) is 0 Å². The van der Waals surface area contributed by atoms with Gasteiger partial charge in [-0.15, -0.1) is 0 Å². The van der Waals surface area contributed by atoms with Crippen LogP contribution in [0.2, 0.25) is 0 Å². The largest absolute Gasteiger partial charge is 0.0992 e. The molecule has 0 bridgehead atoms. The van der Waals surface area contributed by atoms with Crippen molar-refractivity contribution in [2.45, 2.75) is 84.0 Å². The Morgan fingerprint density at radius 1 is 0.688 bits per heavy atom. The van der Waals surface area contributed by atoms with Crippen LogP contribution in [-0.4, -0.2) is 0 Å². The van der Waals surface area contributed by atoms with Gasteiger partial charge in [-0.05, 0) is 6.42 Å². The van der Waals surface area contributed by atoms with E-state index in [4.69, 9.17) is 0 Å². The lowest BCUT2D eigenvalue weighted by atomic mass is 10.1. The highest BCUT2D eigenvalue weighted by molar-refractivity contribution is 7.23. The van der Waals surface area contributed by atoms with Gasteiger partial charge in [0.25, 0.3) is 0 Å². The zero-order valence-electron chi connectivity index (χ0n) is 11.1. The standard InChI is InChI=1S/C15H29P/c1-2-3-4-5-6-7-8-9-10-11-12-13-14-15-16/h2-13,16H2,1H3. The van der Waals surface area contributed by atoms with E-state index < -0.39 is 0 Å². The number of unbranched alkanes of at least 4 members (excludes halogenated alkanes) is 11. The first-order chi connectivity index (χ1) is 7.91. The molecule has 0 aromatic rings. The minimum atomic E-state index is 1.08. The minimum absolute atomic E-state index is 1.08. The van der Waals surface area contributed by atoms with Crippen LogP contribution in [0.25, 0.3) is 0 Å². The molecular weight excluding hydrogens is 211 g/mol. The SMILES string of the molecule is CCCCCCCCCCCCCC#CP. The third-order valence-corrected chi connectivity index (χ3v) is 3.21. The molecule has 1 atom stereocenters. The van der Waals surface area contributed by atoms with Gasteiger partial charge in [-0.25, -0.2) is 0 Å². The van der Waals surface area contributed by atoms with Crippen LogP contribution in [0.15, 0.2) is 0 Å². The van der Waals surface area contributed by atoms with Crippen molar-refractivity contribution < 1.29 is 0 Å². The van der Waals surface area contributed by atoms with E-state index in [9.17, 15) is 0 Å². The van der Waals surface area contributed by atoms with E-state index in [1.807, 2.05) is 0 Å². The van der Waals surface area contributed by atoms with Gasteiger partial charge >= 0.3 is 0 Å². The van der Waals surface area contributed by atoms with Gasteiger partial charge in [0, 0.05) is 6.42 Å². The Morgan fingerprint density at radius 2 is 1.12 bits per heavy atom. The van der Waals surface area contributed by atoms with Crippen molar-refractivity contribution >= 4 is 9.24 Å². The smallest absolute Gasteiger partial charge is 0.00919 e. The quantitative estimate of drug-likeness (QED) is 0.253. The second kappa shape index (κ2) is 15.0. The Labute approximate surface area is 105 Å². The average molecular weight is 240 g/mol. The van der Waals surface area contributed by atoms with Crippen LogP contribution in [0.3, 0.4) is 0 Å². The lowest BCUT2D eigenvalue weighted by molar-refractivity contribution is 0.551. The summed E-state index contributed by atoms with van der Waals surface area (Å²) in [4.78, 5) is 0. The second-order valence-electron chi connectivity index (χ2n) is 4.61. The molecule has 0 amide bonds. The molecule has 0 rings (SSSR count). The number of hydrogen-bond acceptors (Lipinski definition) is 0. The van der Waals surface area contributed by atoms with Gasteiger partial charge < -0.3 is 0 Å². The molecule has 1 heteroatoms. The molecule has 0 aromatic heterocycles. The second-order valence-corrected chi connectivity index (χ2v) is 4.90. The van der Waals surface area contributed by atoms with Crippen molar-refractivity contribution in [1.82, 2.24) is 0 Å². The summed E-state index contributed by atoms with van der Waals surface area (Å²) in [5.41, 5.74) is 2.87. The summed E-state index contributed by atoms with van der Waals surface area (Å²) >= 11 is 0. The number of rotatable bonds is 11. The van der Waals surface area contributed by atoms with Crippen molar-refractivity contribution in [3.8, 4) is 11.6 Å². The van der Waals surface area contributed by atoms with E-state index in [1.54, 1.807) is 0 Å². The van der Waals surface area contributed by atoms with Gasteiger partial charge in [0.2, 0.25) is 0 Å². The van der Waals surface area contributed by atoms with Gasteiger partial charge in [0.15, 0.2) is 0 Å². The zero-order chi connectivity index (χ0) is 11.9. The zero-order valence-corrected chi connectivity index (χ0v) is 12.2. The Kier molecular flexibility index (Phi) is 15.0. The fourth-order valence-corrected chi connectivity index (χ4v) is 2.09. The highest BCUT2D eigenvalue weighted by Crippen LogP contribution is 2.11. The summed E-state index contributed by atoms with van der Waals surface area (Å²) in [6, 6.07) is 0. The monoisotopic (exact) mass is 240 g/mol. The minimum Gasteiger partial charge on any atom is -0.0992 e. The average Bonchev–Trinajstić information content (AvgIpc) is 2.31. The molecule has 0 aromatic carbocycles. The molecule has 0 saturated carbocycles. The summed E-state index contributed by atoms with van der Waals surface area (Å²) in [7, 11) is 2.46. The Balaban J connectivity index is 2.89. The summed E-state index contributed by atoms with van der Waals surface area (Å²) in [6.45, 7) is 2.28. The fourth-order valence-electron chi connectivity index (χ4n) is 1.95. The molecule has 0 radical (unpaired) electrons. The maximum Gasteiger partial charge on any atom is 0.00919 e. The normalized spacial score (nSPS) is 9.88. The highest BCUT2D eigenvalue weighted by Gasteiger charge is 1.92. The molecular formula is C15H29P. The first kappa shape index (κ1) is 16.0. The lowest BCUT2D eigenvalue weighted by Crippen LogP contribution is -1.81. The van der Waals surface area contributed by atoms with Crippen molar-refractivity contribution in [3.05, 3.63) is 0 Å². The maximum absolute atomic E-state index is 3.09. The van der Waals surface area contributed by atoms with Gasteiger partial charge in [-0.3, -0.25) is 0 Å². The molecule has 0 aliphatic carbocycles. The molecule has 0 aliphatic rings. The van der Waals surface area contributed by atoms with Crippen molar-refractivity contribution in [3.63, 3.8) is 0 Å². The molecule has 1 unspecified atom stereocenters. The number of hydrogen-bond donors (Lipinski definition) is 0. The van der Waals surface area contributed by atoms with Crippen LogP contribution in [0.5, 0.6) is 0 Å². The molecule has 0 aliphatic heterocycles. The topological polar surface area (TPSA) is 0 Å². The third kappa shape index (κ3) is 14.0. The van der Waals surface area contributed by atoms with Crippen LogP contribution in [0.1, 0.15) is 84.0 Å². The third-order valence-electron chi connectivity index (χ3n) is 3.01. The van der Waals surface area contributed by atoms with E-state index in [0.717, 1.165) is 6.42 Å². The maximum atomic E-state index is 3.09. The van der Waals surface area contributed by atoms with Gasteiger partial charge in [-0.1, -0.05) is 92.0 Å². The Hall–Kier alpha value is -0.0100. The molecule has 0 spiro atoms. The van der Waals surface area contributed by atoms with Gasteiger partial charge in [0.05, 0.1) is 0 Å². The summed E-state index contributed by atoms with van der Waals surface area (Å²) in [6.07, 6.45) is 16.6. The first-order valence-corrected chi connectivity index (χ1v) is 7.68. The Morgan fingerprint density at radius 3 is 1.56 bits per heavy atom. The Bertz CT molecular complexity index is 176. The molecule has 0 fully saturated rings. The fraction of sp³-hybridized carbons (Fsp3) is 0.867. The van der Waals surface area contributed by atoms with Crippen LogP contribution in [-0.2, 0) is 0 Å². The molecule has 0 saturated heterocycles. The van der Waals surface area contributed by atoms with Crippen molar-refractivity contribution in [2.75, 3.05) is 0 Å². The van der Waals surface area contributed by atoms with Gasteiger partial charge in [-0.2, -0.15) is 0 Å². The summed E-state index contributed by atoms with van der Waals surface area (Å²) in [5, 5.41) is 0. The van der Waals surface area contributed by atoms with Crippen molar-refractivity contribution in [2.24, 2.45) is 0 Å². The predicted octanol–water partition coefficient (Wildman–Crippen LogP) is 5.52. The van der Waals surface area contributed by atoms with Crippen molar-refractivity contribution in [1.29, 1.82) is 0 Å². The lowest BCUT2D eigenvalue weighted by Gasteiger charge is -2.01. The highest BCUT2D eigenvalue weighted by atomic mass is 31.0. The summed E-state index contributed by atoms with van der Waals surface area (Å²) < 4.78 is 0. The molecule has 0 heterocycles. The van der Waals surface area contributed by atoms with E-state index in [0.29, 0.717) is 0 Å². The molecule has 16 heavy (non-hydrogen) atoms. The molecule has 94 valence electrons. The van der Waals surface area contributed by atoms with Crippen LogP contribution in [0.4, 0.5) is 0 Å².